The summed E-state index contributed by atoms with van der Waals surface area (Å²) in [5.74, 6) is -1.16. The van der Waals surface area contributed by atoms with Gasteiger partial charge in [0.2, 0.25) is 11.8 Å². The highest BCUT2D eigenvalue weighted by atomic mass is 19.1. The van der Waals surface area contributed by atoms with Crippen LogP contribution in [0.4, 0.5) is 15.9 Å². The molecule has 0 amide bonds. The maximum atomic E-state index is 14.5. The van der Waals surface area contributed by atoms with Crippen molar-refractivity contribution in [3.8, 4) is 0 Å². The van der Waals surface area contributed by atoms with Crippen LogP contribution in [0.2, 0.25) is 0 Å². The van der Waals surface area contributed by atoms with Gasteiger partial charge >= 0.3 is 5.69 Å². The van der Waals surface area contributed by atoms with Crippen LogP contribution in [0.5, 0.6) is 0 Å². The highest BCUT2D eigenvalue weighted by Crippen LogP contribution is 2.32. The number of nitro groups is 1. The van der Waals surface area contributed by atoms with Gasteiger partial charge in [0, 0.05) is 24.0 Å². The standard InChI is InChI=1S/C19H16FN3O2/c20-18-16(12-14-9-5-2-6-10-14)15(11-13-7-3-1-4-8-13)17(23(24)25)19(21)22-18/h1-10H,11-12H2,(H2,21,22). The normalized spacial score (nSPS) is 10.6. The van der Waals surface area contributed by atoms with Crippen molar-refractivity contribution in [3.63, 3.8) is 0 Å². The minimum atomic E-state index is -0.766. The molecule has 0 atom stereocenters. The van der Waals surface area contributed by atoms with E-state index in [9.17, 15) is 14.5 Å². The van der Waals surface area contributed by atoms with Crippen LogP contribution in [0, 0.1) is 16.1 Å². The van der Waals surface area contributed by atoms with Gasteiger partial charge in [-0.15, -0.1) is 0 Å². The number of nitrogen functional groups attached to an aromatic ring is 1. The number of halogens is 1. The molecular formula is C19H16FN3O2. The first kappa shape index (κ1) is 16.6. The fraction of sp³-hybridized carbons (Fsp3) is 0.105. The lowest BCUT2D eigenvalue weighted by atomic mass is 9.95. The van der Waals surface area contributed by atoms with Crippen molar-refractivity contribution in [2.24, 2.45) is 0 Å². The van der Waals surface area contributed by atoms with Crippen LogP contribution in [0.15, 0.2) is 60.7 Å². The number of aromatic nitrogens is 1. The molecule has 0 aliphatic carbocycles. The van der Waals surface area contributed by atoms with Gasteiger partial charge in [0.05, 0.1) is 4.92 Å². The smallest absolute Gasteiger partial charge is 0.315 e. The maximum absolute atomic E-state index is 14.5. The molecular weight excluding hydrogens is 321 g/mol. The molecule has 0 saturated heterocycles. The second-order valence-corrected chi connectivity index (χ2v) is 5.68. The highest BCUT2D eigenvalue weighted by molar-refractivity contribution is 5.61. The van der Waals surface area contributed by atoms with Crippen LogP contribution in [-0.4, -0.2) is 9.91 Å². The lowest BCUT2D eigenvalue weighted by Crippen LogP contribution is -2.11. The predicted molar refractivity (Wildman–Crippen MR) is 93.8 cm³/mol. The minimum Gasteiger partial charge on any atom is -0.378 e. The van der Waals surface area contributed by atoms with Crippen molar-refractivity contribution >= 4 is 11.5 Å². The Morgan fingerprint density at radius 1 is 0.920 bits per heavy atom. The van der Waals surface area contributed by atoms with Crippen LogP contribution in [0.3, 0.4) is 0 Å². The zero-order chi connectivity index (χ0) is 17.8. The third-order valence-corrected chi connectivity index (χ3v) is 3.99. The number of nitrogens with zero attached hydrogens (tertiary/aromatic N) is 2. The predicted octanol–water partition coefficient (Wildman–Crippen LogP) is 3.89. The van der Waals surface area contributed by atoms with E-state index in [4.69, 9.17) is 5.73 Å². The van der Waals surface area contributed by atoms with E-state index in [1.807, 2.05) is 60.7 Å². The van der Waals surface area contributed by atoms with Crippen molar-refractivity contribution in [2.45, 2.75) is 12.8 Å². The van der Waals surface area contributed by atoms with E-state index in [0.29, 0.717) is 0 Å². The SMILES string of the molecule is Nc1nc(F)c(Cc2ccccc2)c(Cc2ccccc2)c1[N+](=O)[O-]. The molecule has 0 spiro atoms. The van der Waals surface area contributed by atoms with Crippen LogP contribution < -0.4 is 5.73 Å². The molecule has 3 aromatic rings. The lowest BCUT2D eigenvalue weighted by Gasteiger charge is -2.13. The second-order valence-electron chi connectivity index (χ2n) is 5.68. The van der Waals surface area contributed by atoms with Gasteiger partial charge in [-0.2, -0.15) is 9.37 Å². The minimum absolute atomic E-state index is 0.205. The maximum Gasteiger partial charge on any atom is 0.315 e. The summed E-state index contributed by atoms with van der Waals surface area (Å²) in [5.41, 5.74) is 7.48. The number of pyridine rings is 1. The first-order valence-electron chi connectivity index (χ1n) is 7.75. The Balaban J connectivity index is 2.15. The van der Waals surface area contributed by atoms with E-state index in [0.717, 1.165) is 11.1 Å². The van der Waals surface area contributed by atoms with E-state index in [1.165, 1.54) is 0 Å². The Bertz CT molecular complexity index is 900. The molecule has 25 heavy (non-hydrogen) atoms. The first-order valence-corrected chi connectivity index (χ1v) is 7.75. The van der Waals surface area contributed by atoms with Crippen LogP contribution in [0.25, 0.3) is 0 Å². The van der Waals surface area contributed by atoms with Crippen molar-refractivity contribution in [1.29, 1.82) is 0 Å². The van der Waals surface area contributed by atoms with Crippen molar-refractivity contribution in [1.82, 2.24) is 4.98 Å². The number of nitrogens with two attached hydrogens (primary N) is 1. The number of anilines is 1. The Kier molecular flexibility index (Phi) is 4.70. The fourth-order valence-corrected chi connectivity index (χ4v) is 2.82. The molecule has 0 radical (unpaired) electrons. The van der Waals surface area contributed by atoms with Crippen molar-refractivity contribution in [2.75, 3.05) is 5.73 Å². The molecule has 0 bridgehead atoms. The molecule has 1 aromatic heterocycles. The monoisotopic (exact) mass is 337 g/mol. The summed E-state index contributed by atoms with van der Waals surface area (Å²) in [5, 5.41) is 11.5. The Hall–Kier alpha value is -3.28. The number of hydrogen-bond donors (Lipinski definition) is 1. The van der Waals surface area contributed by atoms with E-state index in [-0.39, 0.29) is 29.7 Å². The third-order valence-electron chi connectivity index (χ3n) is 3.99. The van der Waals surface area contributed by atoms with Gasteiger partial charge in [0.1, 0.15) is 0 Å². The van der Waals surface area contributed by atoms with Gasteiger partial charge in [-0.3, -0.25) is 10.1 Å². The van der Waals surface area contributed by atoms with Crippen molar-refractivity contribution in [3.05, 3.63) is 99.0 Å². The summed E-state index contributed by atoms with van der Waals surface area (Å²) in [6.45, 7) is 0. The molecule has 2 aromatic carbocycles. The summed E-state index contributed by atoms with van der Waals surface area (Å²) in [6, 6.07) is 18.4. The number of hydrogen-bond acceptors (Lipinski definition) is 4. The number of benzene rings is 2. The quantitative estimate of drug-likeness (QED) is 0.435. The molecule has 0 aliphatic heterocycles. The van der Waals surface area contributed by atoms with E-state index >= 15 is 0 Å². The zero-order valence-electron chi connectivity index (χ0n) is 13.4. The van der Waals surface area contributed by atoms with E-state index in [1.54, 1.807) is 0 Å². The average molecular weight is 337 g/mol. The number of rotatable bonds is 5. The van der Waals surface area contributed by atoms with Gasteiger partial charge in [0.25, 0.3) is 0 Å². The topological polar surface area (TPSA) is 82.0 Å². The van der Waals surface area contributed by atoms with Gasteiger partial charge in [-0.25, -0.2) is 0 Å². The summed E-state index contributed by atoms with van der Waals surface area (Å²) >= 11 is 0. The summed E-state index contributed by atoms with van der Waals surface area (Å²) in [4.78, 5) is 14.5. The van der Waals surface area contributed by atoms with Crippen LogP contribution in [0.1, 0.15) is 22.3 Å². The summed E-state index contributed by atoms with van der Waals surface area (Å²) in [7, 11) is 0. The molecule has 0 fully saturated rings. The molecule has 2 N–H and O–H groups in total. The first-order chi connectivity index (χ1) is 12.1. The molecule has 0 aliphatic rings. The van der Waals surface area contributed by atoms with Crippen LogP contribution in [-0.2, 0) is 12.8 Å². The Morgan fingerprint density at radius 2 is 1.40 bits per heavy atom. The molecule has 0 unspecified atom stereocenters. The Morgan fingerprint density at radius 3 is 1.88 bits per heavy atom. The average Bonchev–Trinajstić information content (AvgIpc) is 2.59. The molecule has 6 heteroatoms. The third kappa shape index (κ3) is 3.63. The lowest BCUT2D eigenvalue weighted by molar-refractivity contribution is -0.384. The van der Waals surface area contributed by atoms with Crippen molar-refractivity contribution < 1.29 is 9.31 Å². The molecule has 3 rings (SSSR count). The van der Waals surface area contributed by atoms with Gasteiger partial charge in [-0.1, -0.05) is 60.7 Å². The second kappa shape index (κ2) is 7.09. The molecule has 0 saturated carbocycles. The summed E-state index contributed by atoms with van der Waals surface area (Å²) < 4.78 is 14.5. The summed E-state index contributed by atoms with van der Waals surface area (Å²) in [6.07, 6.45) is 0.423. The Labute approximate surface area is 144 Å². The molecule has 1 heterocycles. The largest absolute Gasteiger partial charge is 0.378 e. The van der Waals surface area contributed by atoms with E-state index in [2.05, 4.69) is 4.98 Å². The van der Waals surface area contributed by atoms with Crippen LogP contribution >= 0.6 is 0 Å². The molecule has 126 valence electrons. The van der Waals surface area contributed by atoms with Gasteiger partial charge in [-0.05, 0) is 11.1 Å². The molecule has 5 nitrogen and oxygen atoms in total. The zero-order valence-corrected chi connectivity index (χ0v) is 13.4. The van der Waals surface area contributed by atoms with Gasteiger partial charge in [0.15, 0.2) is 0 Å². The van der Waals surface area contributed by atoms with Gasteiger partial charge < -0.3 is 5.73 Å². The van der Waals surface area contributed by atoms with E-state index < -0.39 is 16.7 Å². The fourth-order valence-electron chi connectivity index (χ4n) is 2.82. The highest BCUT2D eigenvalue weighted by Gasteiger charge is 2.26.